The molecule has 2 N–H and O–H groups in total. The standard InChI is InChI=1S/C23H38N4O2/c1-4-24-23(25-13-17-29-16-12-19(2)3)26-18-20-8-10-21(11-9-20)22(28)27-14-6-5-7-15-27/h8-11,19H,4-7,12-18H2,1-3H3,(H2,24,25,26). The maximum atomic E-state index is 12.6. The van der Waals surface area contributed by atoms with Crippen LogP contribution in [0.5, 0.6) is 0 Å². The average molecular weight is 403 g/mol. The van der Waals surface area contributed by atoms with Crippen LogP contribution in [-0.4, -0.2) is 56.2 Å². The van der Waals surface area contributed by atoms with E-state index in [4.69, 9.17) is 4.74 Å². The van der Waals surface area contributed by atoms with E-state index < -0.39 is 0 Å². The van der Waals surface area contributed by atoms with Gasteiger partial charge >= 0.3 is 0 Å². The normalized spacial score (nSPS) is 14.9. The van der Waals surface area contributed by atoms with E-state index >= 15 is 0 Å². The first-order valence-corrected chi connectivity index (χ1v) is 11.1. The summed E-state index contributed by atoms with van der Waals surface area (Å²) in [7, 11) is 0. The predicted octanol–water partition coefficient (Wildman–Crippen LogP) is 3.43. The molecule has 0 unspecified atom stereocenters. The number of nitrogens with zero attached hydrogens (tertiary/aromatic N) is 2. The fourth-order valence-corrected chi connectivity index (χ4v) is 3.21. The number of guanidine groups is 1. The molecule has 0 saturated carbocycles. The van der Waals surface area contributed by atoms with Crippen molar-refractivity contribution in [1.82, 2.24) is 15.5 Å². The van der Waals surface area contributed by atoms with Crippen molar-refractivity contribution >= 4 is 11.9 Å². The van der Waals surface area contributed by atoms with Crippen LogP contribution in [0.2, 0.25) is 0 Å². The number of hydrogen-bond donors (Lipinski definition) is 2. The Balaban J connectivity index is 1.79. The first-order valence-electron chi connectivity index (χ1n) is 11.1. The maximum absolute atomic E-state index is 12.6. The summed E-state index contributed by atoms with van der Waals surface area (Å²) in [5, 5.41) is 6.56. The Kier molecular flexibility index (Phi) is 10.6. The van der Waals surface area contributed by atoms with E-state index in [1.807, 2.05) is 29.2 Å². The Morgan fingerprint density at radius 3 is 2.48 bits per heavy atom. The summed E-state index contributed by atoms with van der Waals surface area (Å²) >= 11 is 0. The monoisotopic (exact) mass is 402 g/mol. The lowest BCUT2D eigenvalue weighted by atomic mass is 10.1. The molecule has 6 heteroatoms. The number of rotatable bonds is 10. The van der Waals surface area contributed by atoms with Crippen molar-refractivity contribution in [3.63, 3.8) is 0 Å². The van der Waals surface area contributed by atoms with Crippen LogP contribution < -0.4 is 10.6 Å². The molecule has 1 heterocycles. The lowest BCUT2D eigenvalue weighted by Gasteiger charge is -2.26. The first kappa shape index (κ1) is 23.2. The van der Waals surface area contributed by atoms with Crippen LogP contribution in [0.3, 0.4) is 0 Å². The highest BCUT2D eigenvalue weighted by Crippen LogP contribution is 2.14. The van der Waals surface area contributed by atoms with Gasteiger partial charge in [-0.2, -0.15) is 0 Å². The van der Waals surface area contributed by atoms with Gasteiger partial charge in [0.2, 0.25) is 0 Å². The lowest BCUT2D eigenvalue weighted by molar-refractivity contribution is 0.0724. The Hall–Kier alpha value is -2.08. The molecule has 162 valence electrons. The largest absolute Gasteiger partial charge is 0.380 e. The smallest absolute Gasteiger partial charge is 0.253 e. The zero-order valence-electron chi connectivity index (χ0n) is 18.4. The van der Waals surface area contributed by atoms with Crippen LogP contribution in [0.4, 0.5) is 0 Å². The highest BCUT2D eigenvalue weighted by atomic mass is 16.5. The number of ether oxygens (including phenoxy) is 1. The molecular weight excluding hydrogens is 364 g/mol. The van der Waals surface area contributed by atoms with E-state index in [0.29, 0.717) is 19.1 Å². The van der Waals surface area contributed by atoms with Crippen molar-refractivity contribution in [3.05, 3.63) is 35.4 Å². The summed E-state index contributed by atoms with van der Waals surface area (Å²) in [5.74, 6) is 1.60. The third-order valence-corrected chi connectivity index (χ3v) is 4.99. The average Bonchev–Trinajstić information content (AvgIpc) is 2.74. The van der Waals surface area contributed by atoms with Crippen molar-refractivity contribution in [2.75, 3.05) is 39.4 Å². The van der Waals surface area contributed by atoms with Gasteiger partial charge < -0.3 is 20.3 Å². The van der Waals surface area contributed by atoms with Gasteiger partial charge in [0.25, 0.3) is 5.91 Å². The molecule has 1 aliphatic rings. The Labute approximate surface area is 176 Å². The number of nitrogens with one attached hydrogen (secondary N) is 2. The van der Waals surface area contributed by atoms with E-state index in [1.165, 1.54) is 6.42 Å². The molecule has 1 fully saturated rings. The molecule has 0 radical (unpaired) electrons. The van der Waals surface area contributed by atoms with Gasteiger partial charge in [-0.3, -0.25) is 4.79 Å². The van der Waals surface area contributed by atoms with Gasteiger partial charge in [0.1, 0.15) is 0 Å². The third-order valence-electron chi connectivity index (χ3n) is 4.99. The molecule has 0 aliphatic carbocycles. The number of benzene rings is 1. The molecule has 1 saturated heterocycles. The van der Waals surface area contributed by atoms with Crippen molar-refractivity contribution in [2.45, 2.75) is 53.0 Å². The van der Waals surface area contributed by atoms with E-state index in [9.17, 15) is 4.79 Å². The second kappa shape index (κ2) is 13.2. The Morgan fingerprint density at radius 1 is 1.10 bits per heavy atom. The number of piperidine rings is 1. The molecule has 0 aromatic heterocycles. The number of carbonyl (C=O) groups is 1. The molecule has 29 heavy (non-hydrogen) atoms. The van der Waals surface area contributed by atoms with Gasteiger partial charge in [0, 0.05) is 38.3 Å². The molecule has 0 bridgehead atoms. The third kappa shape index (κ3) is 8.86. The van der Waals surface area contributed by atoms with Crippen molar-refractivity contribution in [2.24, 2.45) is 10.9 Å². The fourth-order valence-electron chi connectivity index (χ4n) is 3.21. The van der Waals surface area contributed by atoms with Crippen LogP contribution in [0.25, 0.3) is 0 Å². The molecule has 1 aromatic carbocycles. The van der Waals surface area contributed by atoms with E-state index in [-0.39, 0.29) is 5.91 Å². The second-order valence-corrected chi connectivity index (χ2v) is 7.97. The van der Waals surface area contributed by atoms with Gasteiger partial charge in [-0.1, -0.05) is 26.0 Å². The SMILES string of the molecule is CCNC(=NCc1ccc(C(=O)N2CCCCC2)cc1)NCCOCCC(C)C. The summed E-state index contributed by atoms with van der Waals surface area (Å²) in [6.45, 7) is 11.8. The molecule has 1 aliphatic heterocycles. The zero-order chi connectivity index (χ0) is 20.9. The van der Waals surface area contributed by atoms with Crippen molar-refractivity contribution in [3.8, 4) is 0 Å². The number of carbonyl (C=O) groups excluding carboxylic acids is 1. The van der Waals surface area contributed by atoms with Crippen molar-refractivity contribution < 1.29 is 9.53 Å². The topological polar surface area (TPSA) is 66.0 Å². The van der Waals surface area contributed by atoms with Crippen LogP contribution in [0, 0.1) is 5.92 Å². The molecule has 0 atom stereocenters. The molecule has 0 spiro atoms. The summed E-state index contributed by atoms with van der Waals surface area (Å²) in [4.78, 5) is 19.2. The van der Waals surface area contributed by atoms with Crippen LogP contribution in [-0.2, 0) is 11.3 Å². The highest BCUT2D eigenvalue weighted by Gasteiger charge is 2.17. The highest BCUT2D eigenvalue weighted by molar-refractivity contribution is 5.94. The zero-order valence-corrected chi connectivity index (χ0v) is 18.4. The molecule has 2 rings (SSSR count). The van der Waals surface area contributed by atoms with Gasteiger partial charge in [-0.15, -0.1) is 0 Å². The second-order valence-electron chi connectivity index (χ2n) is 7.97. The summed E-state index contributed by atoms with van der Waals surface area (Å²) < 4.78 is 5.64. The Bertz CT molecular complexity index is 622. The van der Waals surface area contributed by atoms with Gasteiger partial charge in [-0.25, -0.2) is 4.99 Å². The molecule has 6 nitrogen and oxygen atoms in total. The van der Waals surface area contributed by atoms with E-state index in [0.717, 1.165) is 69.1 Å². The quantitative estimate of drug-likeness (QED) is 0.357. The minimum Gasteiger partial charge on any atom is -0.380 e. The molecule has 1 amide bonds. The van der Waals surface area contributed by atoms with Crippen LogP contribution >= 0.6 is 0 Å². The predicted molar refractivity (Wildman–Crippen MR) is 119 cm³/mol. The number of hydrogen-bond acceptors (Lipinski definition) is 3. The maximum Gasteiger partial charge on any atom is 0.253 e. The van der Waals surface area contributed by atoms with E-state index in [1.54, 1.807) is 0 Å². The Morgan fingerprint density at radius 2 is 1.83 bits per heavy atom. The summed E-state index contributed by atoms with van der Waals surface area (Å²) in [6.07, 6.45) is 4.54. The summed E-state index contributed by atoms with van der Waals surface area (Å²) in [5.41, 5.74) is 1.86. The van der Waals surface area contributed by atoms with Crippen molar-refractivity contribution in [1.29, 1.82) is 0 Å². The number of aliphatic imine (C=N–C) groups is 1. The minimum absolute atomic E-state index is 0.146. The minimum atomic E-state index is 0.146. The van der Waals surface area contributed by atoms with Crippen LogP contribution in [0.1, 0.15) is 62.4 Å². The van der Waals surface area contributed by atoms with Gasteiger partial charge in [-0.05, 0) is 56.2 Å². The number of amides is 1. The fraction of sp³-hybridized carbons (Fsp3) is 0.652. The molecule has 1 aromatic rings. The van der Waals surface area contributed by atoms with Gasteiger partial charge in [0.05, 0.1) is 13.2 Å². The number of likely N-dealkylation sites (tertiary alicyclic amines) is 1. The van der Waals surface area contributed by atoms with Crippen LogP contribution in [0.15, 0.2) is 29.3 Å². The summed E-state index contributed by atoms with van der Waals surface area (Å²) in [6, 6.07) is 7.84. The lowest BCUT2D eigenvalue weighted by Crippen LogP contribution is -2.39. The first-order chi connectivity index (χ1) is 14.1. The van der Waals surface area contributed by atoms with E-state index in [2.05, 4.69) is 36.4 Å². The van der Waals surface area contributed by atoms with Gasteiger partial charge in [0.15, 0.2) is 5.96 Å². The molecular formula is C23H38N4O2.